The second-order valence-electron chi connectivity index (χ2n) is 24.8. The number of imidazole rings is 1. The number of hydrogen-bond acceptors (Lipinski definition) is 1. The van der Waals surface area contributed by atoms with E-state index in [-0.39, 0.29) is 8.80 Å². The third-order valence-corrected chi connectivity index (χ3v) is 49.0. The standard InChI is InChI=1S/C27H36N3.C15H37Si3.C9H21Si.Al/c1-17(2)21-11-9-12-22(18(3)4)25(21)29-15-16-30(27(29)28)26-23(19(5)6)13-10-14-24(26)20(7)8;1-13(2,3)18(14(4,5)6,15(7,8)9)16-17(10,11)12;1-8(2,3)10(7)9(4,5)6;/h9-20H,1-8H3;16H,1-12H3;1-7H3;/q-1;;;+1. The molecule has 0 N–H and O–H groups in total. The Kier molecular flexibility index (Phi) is 19.5. The van der Waals surface area contributed by atoms with Crippen molar-refractivity contribution in [3.63, 3.8) is 0 Å². The van der Waals surface area contributed by atoms with Crippen LogP contribution in [0.4, 0.5) is 0 Å². The third kappa shape index (κ3) is 13.9. The van der Waals surface area contributed by atoms with Gasteiger partial charge in [-0.15, -0.1) is 0 Å². The molecule has 0 spiro atoms. The molecule has 3 rings (SSSR count). The van der Waals surface area contributed by atoms with Gasteiger partial charge < -0.3 is 3.98 Å². The van der Waals surface area contributed by atoms with Gasteiger partial charge in [0.25, 0.3) is 0 Å². The summed E-state index contributed by atoms with van der Waals surface area (Å²) in [6.07, 6.45) is 4.36. The van der Waals surface area contributed by atoms with E-state index in [0.717, 1.165) is 5.62 Å². The van der Waals surface area contributed by atoms with Gasteiger partial charge in [-0.2, -0.15) is 0 Å². The normalized spacial score (nSPS) is 13.6. The quantitative estimate of drug-likeness (QED) is 0.201. The van der Waals surface area contributed by atoms with E-state index in [1.807, 2.05) is 0 Å². The Morgan fingerprint density at radius 3 is 0.915 bits per heavy atom. The van der Waals surface area contributed by atoms with Gasteiger partial charge in [0, 0.05) is 28.5 Å². The smallest absolute Gasteiger partial charge is 0.351 e. The van der Waals surface area contributed by atoms with E-state index in [1.54, 1.807) is 0 Å². The molecule has 3 nitrogen and oxygen atoms in total. The summed E-state index contributed by atoms with van der Waals surface area (Å²) in [7, 11) is -1.96. The van der Waals surface area contributed by atoms with E-state index in [0.29, 0.717) is 57.4 Å². The van der Waals surface area contributed by atoms with Crippen molar-refractivity contribution in [1.82, 2.24) is 9.13 Å². The monoisotopic (exact) mass is 888 g/mol. The number of para-hydroxylation sites is 2. The molecule has 0 saturated carbocycles. The number of benzene rings is 2. The van der Waals surface area contributed by atoms with Gasteiger partial charge >= 0.3 is 16.5 Å². The van der Waals surface area contributed by atoms with Crippen molar-refractivity contribution in [2.75, 3.05) is 0 Å². The molecule has 0 saturated heterocycles. The van der Waals surface area contributed by atoms with E-state index < -0.39 is 15.2 Å². The molecule has 0 bridgehead atoms. The fourth-order valence-corrected chi connectivity index (χ4v) is 53.3. The van der Waals surface area contributed by atoms with Crippen molar-refractivity contribution in [2.24, 2.45) is 3.98 Å². The average Bonchev–Trinajstić information content (AvgIpc) is 3.47. The highest BCUT2D eigenvalue weighted by Gasteiger charge is 2.60. The highest BCUT2D eigenvalue weighted by Crippen LogP contribution is 2.61. The van der Waals surface area contributed by atoms with Crippen LogP contribution in [0.5, 0.6) is 0 Å². The minimum Gasteiger partial charge on any atom is -0.398 e. The predicted molar refractivity (Wildman–Crippen MR) is 279 cm³/mol. The SMILES string of the molecule is CC(C)(C)[Si]([SiH][Si](C)(C)C)(C(C)(C)C)C(C)(C)C.CC(C)c1cccc(C(C)C)c1-n1ccn(-c2c(C(C)C)cccc2C(C)C)c1=[N][Al].C[Si](C(C)(C)C)C(C)(C)C. The molecule has 3 aromatic rings. The highest BCUT2D eigenvalue weighted by atomic mass is 29.6. The predicted octanol–water partition coefficient (Wildman–Crippen LogP) is 16.1. The lowest BCUT2D eigenvalue weighted by Crippen LogP contribution is -2.68. The fourth-order valence-electron chi connectivity index (χ4n) is 10.2. The second-order valence-corrected chi connectivity index (χ2v) is 51.8. The maximum absolute atomic E-state index is 4.73. The van der Waals surface area contributed by atoms with Crippen LogP contribution in [0.3, 0.4) is 0 Å². The van der Waals surface area contributed by atoms with Gasteiger partial charge in [0.05, 0.1) is 27.8 Å². The van der Waals surface area contributed by atoms with Crippen molar-refractivity contribution >= 4 is 49.0 Å². The van der Waals surface area contributed by atoms with Gasteiger partial charge in [0.2, 0.25) is 0 Å². The van der Waals surface area contributed by atoms with Crippen molar-refractivity contribution in [2.45, 2.75) is 234 Å². The highest BCUT2D eigenvalue weighted by molar-refractivity contribution is 7.54. The zero-order valence-corrected chi connectivity index (χ0v) is 49.2. The van der Waals surface area contributed by atoms with E-state index in [9.17, 15) is 0 Å². The van der Waals surface area contributed by atoms with E-state index in [4.69, 9.17) is 3.98 Å². The van der Waals surface area contributed by atoms with Crippen molar-refractivity contribution in [1.29, 1.82) is 0 Å². The van der Waals surface area contributed by atoms with Crippen molar-refractivity contribution < 1.29 is 0 Å². The van der Waals surface area contributed by atoms with E-state index in [1.165, 1.54) is 33.6 Å². The summed E-state index contributed by atoms with van der Waals surface area (Å²) < 4.78 is 9.28. The molecule has 0 aliphatic heterocycles. The van der Waals surface area contributed by atoms with E-state index in [2.05, 4.69) is 260 Å². The number of aromatic nitrogens is 2. The summed E-state index contributed by atoms with van der Waals surface area (Å²) in [5, 5.41) is 2.59. The average molecular weight is 889 g/mol. The van der Waals surface area contributed by atoms with Crippen LogP contribution in [0.2, 0.25) is 51.4 Å². The lowest BCUT2D eigenvalue weighted by atomic mass is 9.92. The van der Waals surface area contributed by atoms with Gasteiger partial charge in [-0.05, 0) is 71.1 Å². The van der Waals surface area contributed by atoms with Crippen LogP contribution in [0.15, 0.2) is 52.8 Å². The van der Waals surface area contributed by atoms with Gasteiger partial charge in [-0.3, -0.25) is 9.13 Å². The molecule has 4 radical (unpaired) electrons. The molecule has 332 valence electrons. The largest absolute Gasteiger partial charge is 0.398 e. The lowest BCUT2D eigenvalue weighted by molar-refractivity contribution is 0.556. The molecule has 1 aromatic heterocycles. The number of nitrogens with zero attached hydrogens (tertiary/aromatic N) is 3. The molecule has 0 atom stereocenters. The summed E-state index contributed by atoms with van der Waals surface area (Å²) in [4.78, 5) is 0. The van der Waals surface area contributed by atoms with Crippen molar-refractivity contribution in [3.05, 3.63) is 76.7 Å². The van der Waals surface area contributed by atoms with Crippen LogP contribution in [0, 0.1) is 0 Å². The summed E-state index contributed by atoms with van der Waals surface area (Å²) in [5.41, 5.74) is 8.86. The Labute approximate surface area is 382 Å². The zero-order chi connectivity index (χ0) is 46.7. The molecule has 0 fully saturated rings. The Bertz CT molecular complexity index is 1650. The molecule has 8 heteroatoms. The summed E-state index contributed by atoms with van der Waals surface area (Å²) in [5.74, 6) is 1.71. The molecule has 0 aliphatic rings. The van der Waals surface area contributed by atoms with Crippen LogP contribution in [0.1, 0.15) is 205 Å². The molecule has 0 aliphatic carbocycles. The summed E-state index contributed by atoms with van der Waals surface area (Å²) in [6, 6.07) is 13.4. The first-order valence-corrected chi connectivity index (χ1v) is 34.5. The van der Waals surface area contributed by atoms with Gasteiger partial charge in [-0.25, -0.2) is 0 Å². The maximum atomic E-state index is 4.73. The van der Waals surface area contributed by atoms with Gasteiger partial charge in [-0.1, -0.05) is 222 Å². The number of hydrogen-bond donors (Lipinski definition) is 0. The van der Waals surface area contributed by atoms with Crippen LogP contribution in [-0.2, 0) is 0 Å². The number of rotatable bonds is 8. The molecule has 59 heavy (non-hydrogen) atoms. The first-order valence-electron chi connectivity index (χ1n) is 22.8. The minimum atomic E-state index is -1.39. The third-order valence-electron chi connectivity index (χ3n) is 12.5. The topological polar surface area (TPSA) is 22.2 Å². The Morgan fingerprint density at radius 2 is 0.780 bits per heavy atom. The lowest BCUT2D eigenvalue weighted by Gasteiger charge is -2.61. The first-order chi connectivity index (χ1) is 26.3. The summed E-state index contributed by atoms with van der Waals surface area (Å²) in [6.45, 7) is 65.2. The van der Waals surface area contributed by atoms with Gasteiger partial charge in [0.1, 0.15) is 0 Å². The molecule has 0 unspecified atom stereocenters. The van der Waals surface area contributed by atoms with E-state index >= 15 is 0 Å². The summed E-state index contributed by atoms with van der Waals surface area (Å²) >= 11 is 2.60. The molecule has 0 amide bonds. The zero-order valence-electron chi connectivity index (χ0n) is 43.9. The molecule has 1 heterocycles. The maximum Gasteiger partial charge on any atom is 0.351 e. The second kappa shape index (κ2) is 20.6. The molecular weight excluding hydrogens is 794 g/mol. The fraction of sp³-hybridized carbons (Fsp3) is 0.706. The van der Waals surface area contributed by atoms with Crippen LogP contribution in [-0.4, -0.2) is 58.2 Å². The Hall–Kier alpha value is -1.15. The first kappa shape index (κ1) is 55.9. The van der Waals surface area contributed by atoms with Crippen LogP contribution in [0.25, 0.3) is 11.4 Å². The Balaban J connectivity index is 0.000000524. The molecule has 2 aromatic carbocycles. The minimum absolute atomic E-state index is 0.221. The van der Waals surface area contributed by atoms with Crippen molar-refractivity contribution in [3.8, 4) is 11.4 Å². The van der Waals surface area contributed by atoms with Gasteiger partial charge in [0.15, 0.2) is 5.62 Å². The van der Waals surface area contributed by atoms with Crippen LogP contribution >= 0.6 is 0 Å². The molecular formula is C51H94AlN3Si4. The van der Waals surface area contributed by atoms with Crippen LogP contribution < -0.4 is 5.62 Å². The Morgan fingerprint density at radius 1 is 0.525 bits per heavy atom.